The molecule has 21 heavy (non-hydrogen) atoms. The fraction of sp³-hybridized carbons (Fsp3) is 0.556. The summed E-state index contributed by atoms with van der Waals surface area (Å²) in [5.41, 5.74) is 2.42. The molecule has 0 radical (unpaired) electrons. The molecule has 3 atom stereocenters. The predicted molar refractivity (Wildman–Crippen MR) is 82.5 cm³/mol. The zero-order valence-electron chi connectivity index (χ0n) is 13.2. The lowest BCUT2D eigenvalue weighted by Gasteiger charge is -2.30. The van der Waals surface area contributed by atoms with Gasteiger partial charge in [0.25, 0.3) is 0 Å². The third kappa shape index (κ3) is 2.44. The van der Waals surface area contributed by atoms with Gasteiger partial charge in [0.2, 0.25) is 0 Å². The minimum Gasteiger partial charge on any atom is -0.504 e. The van der Waals surface area contributed by atoms with Crippen molar-refractivity contribution in [2.24, 2.45) is 11.8 Å². The Kier molecular flexibility index (Phi) is 3.48. The van der Waals surface area contributed by atoms with Crippen LogP contribution in [0.5, 0.6) is 11.5 Å². The van der Waals surface area contributed by atoms with Gasteiger partial charge < -0.3 is 14.6 Å². The van der Waals surface area contributed by atoms with Crippen molar-refractivity contribution in [2.75, 3.05) is 7.11 Å². The molecule has 1 aliphatic heterocycles. The molecule has 1 aromatic rings. The smallest absolute Gasteiger partial charge is 0.160 e. The summed E-state index contributed by atoms with van der Waals surface area (Å²) in [4.78, 5) is 0. The fourth-order valence-electron chi connectivity index (χ4n) is 3.87. The highest BCUT2D eigenvalue weighted by atomic mass is 16.5. The Balaban J connectivity index is 2.00. The molecule has 3 rings (SSSR count). The second kappa shape index (κ2) is 5.06. The van der Waals surface area contributed by atoms with Gasteiger partial charge in [-0.05, 0) is 57.2 Å². The van der Waals surface area contributed by atoms with Crippen molar-refractivity contribution in [3.8, 4) is 11.5 Å². The number of hydrogen-bond donors (Lipinski definition) is 1. The van der Waals surface area contributed by atoms with Crippen LogP contribution in [0, 0.1) is 11.8 Å². The molecular weight excluding hydrogens is 264 g/mol. The van der Waals surface area contributed by atoms with Crippen molar-refractivity contribution in [1.29, 1.82) is 0 Å². The van der Waals surface area contributed by atoms with Gasteiger partial charge in [0, 0.05) is 5.92 Å². The molecule has 2 aliphatic rings. The van der Waals surface area contributed by atoms with Gasteiger partial charge in [0.1, 0.15) is 0 Å². The number of ether oxygens (including phenoxy) is 2. The Labute approximate surface area is 126 Å². The summed E-state index contributed by atoms with van der Waals surface area (Å²) in [7, 11) is 1.58. The highest BCUT2D eigenvalue weighted by molar-refractivity contribution is 5.43. The Morgan fingerprint density at radius 1 is 1.33 bits per heavy atom. The average molecular weight is 288 g/mol. The zero-order valence-corrected chi connectivity index (χ0v) is 13.2. The number of rotatable bonds is 2. The Bertz CT molecular complexity index is 574. The number of fused-ring (bicyclic) bond motifs is 1. The molecule has 114 valence electrons. The minimum atomic E-state index is -0.113. The first-order valence-corrected chi connectivity index (χ1v) is 7.64. The third-order valence-corrected chi connectivity index (χ3v) is 5.00. The standard InChI is InChI=1S/C18H24O3/c1-11-5-7-14-13(9-11)17(21-18(14,2)3)12-6-8-15(19)16(10-12)20-4/h6,8-10,13-14,17,19H,5,7H2,1-4H3/t13-,14+,17?/m0/s1. The van der Waals surface area contributed by atoms with Gasteiger partial charge in [-0.2, -0.15) is 0 Å². The molecule has 0 saturated carbocycles. The van der Waals surface area contributed by atoms with E-state index in [1.807, 2.05) is 12.1 Å². The first-order valence-electron chi connectivity index (χ1n) is 7.64. The van der Waals surface area contributed by atoms with E-state index in [1.165, 1.54) is 18.4 Å². The van der Waals surface area contributed by atoms with Crippen LogP contribution in [-0.2, 0) is 4.74 Å². The van der Waals surface area contributed by atoms with Crippen molar-refractivity contribution >= 4 is 0 Å². The molecule has 0 amide bonds. The van der Waals surface area contributed by atoms with E-state index in [4.69, 9.17) is 9.47 Å². The maximum atomic E-state index is 9.78. The van der Waals surface area contributed by atoms with E-state index in [-0.39, 0.29) is 17.5 Å². The molecule has 0 aromatic heterocycles. The molecule has 1 saturated heterocycles. The van der Waals surface area contributed by atoms with Gasteiger partial charge in [-0.25, -0.2) is 0 Å². The summed E-state index contributed by atoms with van der Waals surface area (Å²) in [6.07, 6.45) is 4.77. The van der Waals surface area contributed by atoms with Gasteiger partial charge in [-0.15, -0.1) is 0 Å². The van der Waals surface area contributed by atoms with Crippen LogP contribution in [-0.4, -0.2) is 17.8 Å². The van der Waals surface area contributed by atoms with Gasteiger partial charge in [-0.3, -0.25) is 0 Å². The molecule has 1 aromatic carbocycles. The van der Waals surface area contributed by atoms with Crippen LogP contribution in [0.15, 0.2) is 29.8 Å². The SMILES string of the molecule is COc1cc(C2OC(C)(C)[C@@H]3CCC(C)=C[C@H]23)ccc1O. The first kappa shape index (κ1) is 14.5. The zero-order chi connectivity index (χ0) is 15.2. The lowest BCUT2D eigenvalue weighted by molar-refractivity contribution is -0.0345. The maximum Gasteiger partial charge on any atom is 0.160 e. The monoisotopic (exact) mass is 288 g/mol. The number of hydrogen-bond acceptors (Lipinski definition) is 3. The van der Waals surface area contributed by atoms with Crippen molar-refractivity contribution in [3.63, 3.8) is 0 Å². The normalized spacial score (nSPS) is 30.7. The van der Waals surface area contributed by atoms with Gasteiger partial charge in [-0.1, -0.05) is 17.7 Å². The largest absolute Gasteiger partial charge is 0.504 e. The second-order valence-corrected chi connectivity index (χ2v) is 6.81. The quantitative estimate of drug-likeness (QED) is 0.828. The van der Waals surface area contributed by atoms with E-state index >= 15 is 0 Å². The van der Waals surface area contributed by atoms with E-state index in [0.29, 0.717) is 17.6 Å². The lowest BCUT2D eigenvalue weighted by Crippen LogP contribution is -2.30. The van der Waals surface area contributed by atoms with Gasteiger partial charge in [0.05, 0.1) is 18.8 Å². The summed E-state index contributed by atoms with van der Waals surface area (Å²) < 4.78 is 11.6. The number of allylic oxidation sites excluding steroid dienone is 1. The Morgan fingerprint density at radius 2 is 2.10 bits per heavy atom. The molecule has 1 heterocycles. The van der Waals surface area contributed by atoms with Crippen molar-refractivity contribution < 1.29 is 14.6 Å². The van der Waals surface area contributed by atoms with Crippen molar-refractivity contribution in [3.05, 3.63) is 35.4 Å². The van der Waals surface area contributed by atoms with Crippen LogP contribution >= 0.6 is 0 Å². The van der Waals surface area contributed by atoms with E-state index < -0.39 is 0 Å². The van der Waals surface area contributed by atoms with Crippen LogP contribution in [0.25, 0.3) is 0 Å². The first-order chi connectivity index (χ1) is 9.92. The summed E-state index contributed by atoms with van der Waals surface area (Å²) >= 11 is 0. The molecule has 0 spiro atoms. The van der Waals surface area contributed by atoms with Gasteiger partial charge >= 0.3 is 0 Å². The summed E-state index contributed by atoms with van der Waals surface area (Å²) in [6, 6.07) is 5.53. The van der Waals surface area contributed by atoms with E-state index in [9.17, 15) is 5.11 Å². The molecular formula is C18H24O3. The van der Waals surface area contributed by atoms with Gasteiger partial charge in [0.15, 0.2) is 11.5 Å². The minimum absolute atomic E-state index is 0.0368. The summed E-state index contributed by atoms with van der Waals surface area (Å²) in [5.74, 6) is 1.63. The summed E-state index contributed by atoms with van der Waals surface area (Å²) in [5, 5.41) is 9.78. The molecule has 1 aliphatic carbocycles. The average Bonchev–Trinajstić information content (AvgIpc) is 2.70. The molecule has 1 N–H and O–H groups in total. The second-order valence-electron chi connectivity index (χ2n) is 6.81. The number of aromatic hydroxyl groups is 1. The topological polar surface area (TPSA) is 38.7 Å². The maximum absolute atomic E-state index is 9.78. The van der Waals surface area contributed by atoms with Crippen LogP contribution < -0.4 is 4.74 Å². The summed E-state index contributed by atoms with van der Waals surface area (Å²) in [6.45, 7) is 6.59. The molecule has 1 unspecified atom stereocenters. The molecule has 0 bridgehead atoms. The predicted octanol–water partition coefficient (Wildman–Crippen LogP) is 4.22. The molecule has 1 fully saturated rings. The number of phenols is 1. The van der Waals surface area contributed by atoms with Crippen LogP contribution in [0.2, 0.25) is 0 Å². The lowest BCUT2D eigenvalue weighted by atomic mass is 9.72. The Morgan fingerprint density at radius 3 is 2.81 bits per heavy atom. The molecule has 3 nitrogen and oxygen atoms in total. The third-order valence-electron chi connectivity index (χ3n) is 5.00. The van der Waals surface area contributed by atoms with E-state index in [2.05, 4.69) is 26.8 Å². The number of benzene rings is 1. The van der Waals surface area contributed by atoms with Crippen molar-refractivity contribution in [1.82, 2.24) is 0 Å². The number of methoxy groups -OCH3 is 1. The van der Waals surface area contributed by atoms with E-state index in [1.54, 1.807) is 13.2 Å². The highest BCUT2D eigenvalue weighted by Gasteiger charge is 2.49. The highest BCUT2D eigenvalue weighted by Crippen LogP contribution is 2.53. The molecule has 3 heteroatoms. The van der Waals surface area contributed by atoms with Crippen LogP contribution in [0.3, 0.4) is 0 Å². The number of phenolic OH excluding ortho intramolecular Hbond substituents is 1. The van der Waals surface area contributed by atoms with E-state index in [0.717, 1.165) is 5.56 Å². The van der Waals surface area contributed by atoms with Crippen LogP contribution in [0.1, 0.15) is 45.3 Å². The fourth-order valence-corrected chi connectivity index (χ4v) is 3.87. The van der Waals surface area contributed by atoms with Crippen LogP contribution in [0.4, 0.5) is 0 Å². The Hall–Kier alpha value is -1.48. The van der Waals surface area contributed by atoms with Crippen molar-refractivity contribution in [2.45, 2.75) is 45.3 Å².